The Bertz CT molecular complexity index is 756. The summed E-state index contributed by atoms with van der Waals surface area (Å²) in [5.74, 6) is -1.88. The van der Waals surface area contributed by atoms with Crippen LogP contribution in [0.1, 0.15) is 30.2 Å². The van der Waals surface area contributed by atoms with Gasteiger partial charge in [0.25, 0.3) is 0 Å². The standard InChI is InChI=1S/C14H16N2O5/c1-7(2)11(13(19)21-3)16-9-6-4-5-8(12(17)18)10(9)15-14(16)20/h4-7,11H,1-3H3,(H,15,20)(H,17,18). The van der Waals surface area contributed by atoms with E-state index < -0.39 is 23.7 Å². The summed E-state index contributed by atoms with van der Waals surface area (Å²) in [5.41, 5.74) is 0.00655. The zero-order valence-corrected chi connectivity index (χ0v) is 11.9. The van der Waals surface area contributed by atoms with Gasteiger partial charge in [0.15, 0.2) is 0 Å². The molecule has 1 aromatic heterocycles. The lowest BCUT2D eigenvalue weighted by Crippen LogP contribution is -2.32. The van der Waals surface area contributed by atoms with E-state index in [4.69, 9.17) is 9.84 Å². The summed E-state index contributed by atoms with van der Waals surface area (Å²) in [6.45, 7) is 3.57. The molecule has 2 N–H and O–H groups in total. The summed E-state index contributed by atoms with van der Waals surface area (Å²) < 4.78 is 6.00. The number of rotatable bonds is 4. The summed E-state index contributed by atoms with van der Waals surface area (Å²) >= 11 is 0. The van der Waals surface area contributed by atoms with E-state index in [0.717, 1.165) is 0 Å². The third-order valence-corrected chi connectivity index (χ3v) is 3.34. The molecule has 21 heavy (non-hydrogen) atoms. The number of nitrogens with zero attached hydrogens (tertiary/aromatic N) is 1. The molecule has 1 atom stereocenters. The average molecular weight is 292 g/mol. The fraction of sp³-hybridized carbons (Fsp3) is 0.357. The lowest BCUT2D eigenvalue weighted by atomic mass is 10.0. The zero-order chi connectivity index (χ0) is 15.7. The Morgan fingerprint density at radius 2 is 2.00 bits per heavy atom. The molecular weight excluding hydrogens is 276 g/mol. The number of hydrogen-bond donors (Lipinski definition) is 2. The first kappa shape index (κ1) is 14.8. The van der Waals surface area contributed by atoms with Gasteiger partial charge in [-0.05, 0) is 18.1 Å². The topological polar surface area (TPSA) is 101 Å². The maximum atomic E-state index is 12.2. The highest BCUT2D eigenvalue weighted by Crippen LogP contribution is 2.24. The first-order valence-corrected chi connectivity index (χ1v) is 6.42. The van der Waals surface area contributed by atoms with E-state index in [1.165, 1.54) is 23.8 Å². The second kappa shape index (κ2) is 5.43. The van der Waals surface area contributed by atoms with Crippen molar-refractivity contribution in [2.45, 2.75) is 19.9 Å². The minimum Gasteiger partial charge on any atom is -0.478 e. The van der Waals surface area contributed by atoms with Crippen LogP contribution in [0.2, 0.25) is 0 Å². The number of hydrogen-bond acceptors (Lipinski definition) is 4. The molecule has 2 aromatic rings. The smallest absolute Gasteiger partial charge is 0.337 e. The molecule has 0 amide bonds. The summed E-state index contributed by atoms with van der Waals surface area (Å²) in [6, 6.07) is 3.70. The highest BCUT2D eigenvalue weighted by atomic mass is 16.5. The Hall–Kier alpha value is -2.57. The average Bonchev–Trinajstić information content (AvgIpc) is 2.75. The van der Waals surface area contributed by atoms with Crippen LogP contribution in [0.3, 0.4) is 0 Å². The van der Waals surface area contributed by atoms with Gasteiger partial charge < -0.3 is 14.8 Å². The van der Waals surface area contributed by atoms with Gasteiger partial charge in [-0.1, -0.05) is 19.9 Å². The quantitative estimate of drug-likeness (QED) is 0.829. The van der Waals surface area contributed by atoms with Gasteiger partial charge in [0, 0.05) is 0 Å². The molecule has 1 heterocycles. The molecule has 0 spiro atoms. The number of aromatic amines is 1. The molecule has 0 radical (unpaired) electrons. The fourth-order valence-corrected chi connectivity index (χ4v) is 2.40. The highest BCUT2D eigenvalue weighted by molar-refractivity contribution is 6.01. The Labute approximate surface area is 120 Å². The van der Waals surface area contributed by atoms with Gasteiger partial charge >= 0.3 is 17.6 Å². The molecule has 0 saturated carbocycles. The van der Waals surface area contributed by atoms with E-state index in [2.05, 4.69) is 4.98 Å². The largest absolute Gasteiger partial charge is 0.478 e. The molecular formula is C14H16N2O5. The van der Waals surface area contributed by atoms with Gasteiger partial charge in [-0.15, -0.1) is 0 Å². The van der Waals surface area contributed by atoms with Gasteiger partial charge in [0.2, 0.25) is 0 Å². The van der Waals surface area contributed by atoms with E-state index in [1.807, 2.05) is 0 Å². The first-order chi connectivity index (χ1) is 9.88. The molecule has 0 fully saturated rings. The van der Waals surface area contributed by atoms with Crippen LogP contribution in [0.4, 0.5) is 0 Å². The molecule has 112 valence electrons. The van der Waals surface area contributed by atoms with Crippen molar-refractivity contribution in [3.8, 4) is 0 Å². The van der Waals surface area contributed by atoms with Crippen molar-refractivity contribution in [1.82, 2.24) is 9.55 Å². The molecule has 1 aromatic carbocycles. The molecule has 2 rings (SSSR count). The van der Waals surface area contributed by atoms with E-state index >= 15 is 0 Å². The van der Waals surface area contributed by atoms with Gasteiger partial charge in [-0.2, -0.15) is 0 Å². The Kier molecular flexibility index (Phi) is 3.84. The number of ether oxygens (including phenoxy) is 1. The fourth-order valence-electron chi connectivity index (χ4n) is 2.40. The maximum absolute atomic E-state index is 12.2. The van der Waals surface area contributed by atoms with Crippen molar-refractivity contribution in [3.05, 3.63) is 34.2 Å². The van der Waals surface area contributed by atoms with Crippen molar-refractivity contribution in [2.75, 3.05) is 7.11 Å². The lowest BCUT2D eigenvalue weighted by molar-refractivity contribution is -0.146. The van der Waals surface area contributed by atoms with Gasteiger partial charge in [-0.25, -0.2) is 14.4 Å². The number of para-hydroxylation sites is 1. The maximum Gasteiger partial charge on any atom is 0.337 e. The molecule has 0 bridgehead atoms. The third-order valence-electron chi connectivity index (χ3n) is 3.34. The van der Waals surface area contributed by atoms with Crippen LogP contribution in [-0.2, 0) is 9.53 Å². The van der Waals surface area contributed by atoms with Gasteiger partial charge in [-0.3, -0.25) is 4.57 Å². The number of carboxylic acids is 1. The predicted octanol–water partition coefficient (Wildman–Crippen LogP) is 1.40. The van der Waals surface area contributed by atoms with Crippen molar-refractivity contribution in [1.29, 1.82) is 0 Å². The number of esters is 1. The molecule has 7 nitrogen and oxygen atoms in total. The monoisotopic (exact) mass is 292 g/mol. The minimum absolute atomic E-state index is 0.0179. The minimum atomic E-state index is -1.15. The van der Waals surface area contributed by atoms with E-state index in [9.17, 15) is 14.4 Å². The van der Waals surface area contributed by atoms with Crippen LogP contribution in [-0.4, -0.2) is 33.7 Å². The number of carbonyl (C=O) groups is 2. The van der Waals surface area contributed by atoms with Crippen LogP contribution in [0, 0.1) is 5.92 Å². The predicted molar refractivity (Wildman–Crippen MR) is 75.4 cm³/mol. The number of carboxylic acid groups (broad SMARTS) is 1. The highest BCUT2D eigenvalue weighted by Gasteiger charge is 2.29. The van der Waals surface area contributed by atoms with Crippen molar-refractivity contribution in [2.24, 2.45) is 5.92 Å². The van der Waals surface area contributed by atoms with Crippen LogP contribution in [0.25, 0.3) is 11.0 Å². The Balaban J connectivity index is 2.78. The number of nitrogens with one attached hydrogen (secondary N) is 1. The SMILES string of the molecule is COC(=O)C(C(C)C)n1c(=O)[nH]c2c(C(=O)O)cccc21. The van der Waals surface area contributed by atoms with Crippen LogP contribution in [0.5, 0.6) is 0 Å². The number of imidazole rings is 1. The number of aromatic carboxylic acids is 1. The zero-order valence-electron chi connectivity index (χ0n) is 11.9. The third kappa shape index (κ3) is 2.42. The summed E-state index contributed by atoms with van der Waals surface area (Å²) in [5, 5.41) is 9.16. The molecule has 0 aliphatic heterocycles. The summed E-state index contributed by atoms with van der Waals surface area (Å²) in [6.07, 6.45) is 0. The number of fused-ring (bicyclic) bond motifs is 1. The van der Waals surface area contributed by atoms with E-state index in [0.29, 0.717) is 5.52 Å². The number of aromatic nitrogens is 2. The molecule has 1 unspecified atom stereocenters. The number of carbonyl (C=O) groups excluding carboxylic acids is 1. The Morgan fingerprint density at radius 1 is 1.33 bits per heavy atom. The molecule has 0 aliphatic carbocycles. The van der Waals surface area contributed by atoms with E-state index in [1.54, 1.807) is 19.9 Å². The van der Waals surface area contributed by atoms with E-state index in [-0.39, 0.29) is 17.0 Å². The van der Waals surface area contributed by atoms with Gasteiger partial charge in [0.1, 0.15) is 6.04 Å². The van der Waals surface area contributed by atoms with Crippen LogP contribution >= 0.6 is 0 Å². The lowest BCUT2D eigenvalue weighted by Gasteiger charge is -2.19. The number of methoxy groups -OCH3 is 1. The van der Waals surface area contributed by atoms with Crippen LogP contribution in [0.15, 0.2) is 23.0 Å². The Morgan fingerprint density at radius 3 is 2.52 bits per heavy atom. The van der Waals surface area contributed by atoms with Crippen molar-refractivity contribution < 1.29 is 19.4 Å². The first-order valence-electron chi connectivity index (χ1n) is 6.42. The second-order valence-corrected chi connectivity index (χ2v) is 5.02. The normalized spacial score (nSPS) is 12.6. The molecule has 0 saturated heterocycles. The molecule has 7 heteroatoms. The van der Waals surface area contributed by atoms with Crippen LogP contribution < -0.4 is 5.69 Å². The summed E-state index contributed by atoms with van der Waals surface area (Å²) in [7, 11) is 1.25. The molecule has 0 aliphatic rings. The summed E-state index contributed by atoms with van der Waals surface area (Å²) in [4.78, 5) is 37.9. The van der Waals surface area contributed by atoms with Crippen molar-refractivity contribution in [3.63, 3.8) is 0 Å². The number of benzene rings is 1. The number of H-pyrrole nitrogens is 1. The second-order valence-electron chi connectivity index (χ2n) is 5.02. The van der Waals surface area contributed by atoms with Gasteiger partial charge in [0.05, 0.1) is 23.7 Å². The van der Waals surface area contributed by atoms with Crippen molar-refractivity contribution >= 4 is 23.0 Å².